The fraction of sp³-hybridized carbons (Fsp3) is 0.231. The van der Waals surface area contributed by atoms with Gasteiger partial charge in [0.25, 0.3) is 0 Å². The van der Waals surface area contributed by atoms with E-state index in [1.807, 2.05) is 66.4 Å². The van der Waals surface area contributed by atoms with Crippen LogP contribution in [0.4, 0.5) is 10.1 Å². The van der Waals surface area contributed by atoms with Gasteiger partial charge in [-0.25, -0.2) is 4.39 Å². The lowest BCUT2D eigenvalue weighted by Crippen LogP contribution is -2.23. The minimum Gasteiger partial charge on any atom is -0.504 e. The molecule has 0 amide bonds. The third kappa shape index (κ3) is 5.82. The van der Waals surface area contributed by atoms with E-state index in [9.17, 15) is 0 Å². The van der Waals surface area contributed by atoms with Crippen molar-refractivity contribution in [3.8, 4) is 11.5 Å². The van der Waals surface area contributed by atoms with Gasteiger partial charge in [0.1, 0.15) is 17.3 Å². The second-order valence-corrected chi connectivity index (χ2v) is 8.23. The highest BCUT2D eigenvalue weighted by molar-refractivity contribution is 9.10. The van der Waals surface area contributed by atoms with Crippen molar-refractivity contribution in [3.05, 3.63) is 93.9 Å². The van der Waals surface area contributed by atoms with Crippen LogP contribution in [0.2, 0.25) is 0 Å². The van der Waals surface area contributed by atoms with Crippen molar-refractivity contribution < 1.29 is 18.6 Å². The predicted octanol–water partition coefficient (Wildman–Crippen LogP) is 6.82. The molecule has 0 spiro atoms. The molecule has 3 aromatic rings. The maximum Gasteiger partial charge on any atom is 0.147 e. The number of benzene rings is 3. The number of rotatable bonds is 9. The largest absolute Gasteiger partial charge is 0.504 e. The van der Waals surface area contributed by atoms with Crippen molar-refractivity contribution in [2.45, 2.75) is 20.0 Å². The van der Waals surface area contributed by atoms with Gasteiger partial charge in [-0.15, -0.1) is 0 Å². The topological polar surface area (TPSA) is 30.9 Å². The zero-order chi connectivity index (χ0) is 23.1. The van der Waals surface area contributed by atoms with Gasteiger partial charge in [0, 0.05) is 17.6 Å². The van der Waals surface area contributed by atoms with Crippen LogP contribution in [0.25, 0.3) is 5.57 Å². The summed E-state index contributed by atoms with van der Waals surface area (Å²) in [5.41, 5.74) is 4.20. The number of anilines is 1. The Morgan fingerprint density at radius 1 is 0.875 bits per heavy atom. The summed E-state index contributed by atoms with van der Waals surface area (Å²) in [5, 5.41) is 0. The van der Waals surface area contributed by atoms with Gasteiger partial charge < -0.3 is 19.1 Å². The van der Waals surface area contributed by atoms with E-state index in [4.69, 9.17) is 14.2 Å². The van der Waals surface area contributed by atoms with E-state index >= 15 is 4.39 Å². The molecule has 32 heavy (non-hydrogen) atoms. The highest BCUT2D eigenvalue weighted by Gasteiger charge is 2.17. The standard InChI is InChI=1S/C26H27BrFNO3/c1-18(17-30-2)23-13-25(28)26(14-24(23)27)29(15-19-5-9-21(31-3)10-6-19)16-20-7-11-22(32-4)12-8-20/h5-14,17H,15-16H2,1-4H3/b18-17+. The van der Waals surface area contributed by atoms with Crippen LogP contribution in [0.5, 0.6) is 11.5 Å². The van der Waals surface area contributed by atoms with Gasteiger partial charge >= 0.3 is 0 Å². The second kappa shape index (κ2) is 11.0. The maximum absolute atomic E-state index is 15.4. The SMILES string of the molecule is CO/C=C(\C)c1cc(F)c(N(Cc2ccc(OC)cc2)Cc2ccc(OC)cc2)cc1Br. The first-order valence-corrected chi connectivity index (χ1v) is 10.9. The van der Waals surface area contributed by atoms with Crippen LogP contribution in [0.15, 0.2) is 71.4 Å². The van der Waals surface area contributed by atoms with Crippen LogP contribution in [0.3, 0.4) is 0 Å². The predicted molar refractivity (Wildman–Crippen MR) is 131 cm³/mol. The van der Waals surface area contributed by atoms with E-state index in [1.54, 1.807) is 33.7 Å². The van der Waals surface area contributed by atoms with Crippen molar-refractivity contribution in [3.63, 3.8) is 0 Å². The smallest absolute Gasteiger partial charge is 0.147 e. The Balaban J connectivity index is 1.98. The summed E-state index contributed by atoms with van der Waals surface area (Å²) in [4.78, 5) is 2.02. The molecular formula is C26H27BrFNO3. The molecule has 0 fully saturated rings. The average Bonchev–Trinajstić information content (AvgIpc) is 2.81. The summed E-state index contributed by atoms with van der Waals surface area (Å²) in [5.74, 6) is 1.28. The minimum atomic E-state index is -0.297. The molecule has 0 N–H and O–H groups in total. The van der Waals surface area contributed by atoms with Crippen molar-refractivity contribution in [2.24, 2.45) is 0 Å². The lowest BCUT2D eigenvalue weighted by molar-refractivity contribution is 0.339. The van der Waals surface area contributed by atoms with Crippen molar-refractivity contribution in [1.29, 1.82) is 0 Å². The van der Waals surface area contributed by atoms with Gasteiger partial charge in [0.15, 0.2) is 0 Å². The summed E-state index contributed by atoms with van der Waals surface area (Å²) < 4.78 is 31.8. The Bertz CT molecular complexity index is 1020. The number of hydrogen-bond acceptors (Lipinski definition) is 4. The number of hydrogen-bond donors (Lipinski definition) is 0. The summed E-state index contributed by atoms with van der Waals surface area (Å²) in [6, 6.07) is 19.0. The number of halogens is 2. The van der Waals surface area contributed by atoms with E-state index in [0.29, 0.717) is 18.8 Å². The first-order chi connectivity index (χ1) is 15.4. The van der Waals surface area contributed by atoms with Crippen LogP contribution in [-0.4, -0.2) is 21.3 Å². The van der Waals surface area contributed by atoms with Gasteiger partial charge in [0.05, 0.1) is 33.3 Å². The molecule has 0 heterocycles. The lowest BCUT2D eigenvalue weighted by Gasteiger charge is -2.27. The van der Waals surface area contributed by atoms with Gasteiger partial charge in [-0.2, -0.15) is 0 Å². The molecule has 0 saturated heterocycles. The van der Waals surface area contributed by atoms with Gasteiger partial charge in [-0.3, -0.25) is 0 Å². The normalized spacial score (nSPS) is 11.2. The van der Waals surface area contributed by atoms with Gasteiger partial charge in [0.2, 0.25) is 0 Å². The van der Waals surface area contributed by atoms with Crippen LogP contribution in [-0.2, 0) is 17.8 Å². The van der Waals surface area contributed by atoms with E-state index in [0.717, 1.165) is 38.2 Å². The van der Waals surface area contributed by atoms with Crippen molar-refractivity contribution in [1.82, 2.24) is 0 Å². The molecule has 4 nitrogen and oxygen atoms in total. The third-order valence-electron chi connectivity index (χ3n) is 5.16. The first kappa shape index (κ1) is 23.7. The quantitative estimate of drug-likeness (QED) is 0.302. The summed E-state index contributed by atoms with van der Waals surface area (Å²) in [6.45, 7) is 2.95. The highest BCUT2D eigenvalue weighted by Crippen LogP contribution is 2.33. The molecular weight excluding hydrogens is 473 g/mol. The van der Waals surface area contributed by atoms with Crippen LogP contribution in [0, 0.1) is 5.82 Å². The Labute approximate surface area is 197 Å². The minimum absolute atomic E-state index is 0.297. The zero-order valence-corrected chi connectivity index (χ0v) is 20.3. The zero-order valence-electron chi connectivity index (χ0n) is 18.7. The Morgan fingerprint density at radius 3 is 1.81 bits per heavy atom. The van der Waals surface area contributed by atoms with Gasteiger partial charge in [-0.05, 0) is 65.6 Å². The number of methoxy groups -OCH3 is 3. The molecule has 6 heteroatoms. The summed E-state index contributed by atoms with van der Waals surface area (Å²) in [7, 11) is 4.85. The molecule has 3 rings (SSSR count). The Hall–Kier alpha value is -2.99. The molecule has 0 saturated carbocycles. The van der Waals surface area contributed by atoms with Gasteiger partial charge in [-0.1, -0.05) is 40.2 Å². The fourth-order valence-corrected chi connectivity index (χ4v) is 4.09. The molecule has 0 bridgehead atoms. The molecule has 0 unspecified atom stereocenters. The first-order valence-electron chi connectivity index (χ1n) is 10.1. The molecule has 0 radical (unpaired) electrons. The van der Waals surface area contributed by atoms with E-state index in [-0.39, 0.29) is 5.82 Å². The molecule has 3 aromatic carbocycles. The van der Waals surface area contributed by atoms with E-state index < -0.39 is 0 Å². The second-order valence-electron chi connectivity index (χ2n) is 7.37. The maximum atomic E-state index is 15.4. The highest BCUT2D eigenvalue weighted by atomic mass is 79.9. The van der Waals surface area contributed by atoms with Crippen LogP contribution in [0.1, 0.15) is 23.6 Å². The van der Waals surface area contributed by atoms with Crippen LogP contribution < -0.4 is 14.4 Å². The fourth-order valence-electron chi connectivity index (χ4n) is 3.45. The summed E-state index contributed by atoms with van der Waals surface area (Å²) in [6.07, 6.45) is 1.60. The average molecular weight is 500 g/mol. The summed E-state index contributed by atoms with van der Waals surface area (Å²) >= 11 is 3.61. The number of allylic oxidation sites excluding steroid dienone is 1. The monoisotopic (exact) mass is 499 g/mol. The lowest BCUT2D eigenvalue weighted by atomic mass is 10.1. The molecule has 168 valence electrons. The Morgan fingerprint density at radius 2 is 1.38 bits per heavy atom. The molecule has 0 aromatic heterocycles. The van der Waals surface area contributed by atoms with Crippen molar-refractivity contribution in [2.75, 3.05) is 26.2 Å². The van der Waals surface area contributed by atoms with E-state index in [2.05, 4.69) is 15.9 Å². The third-order valence-corrected chi connectivity index (χ3v) is 5.82. The van der Waals surface area contributed by atoms with E-state index in [1.165, 1.54) is 0 Å². The van der Waals surface area contributed by atoms with Crippen LogP contribution >= 0.6 is 15.9 Å². The molecule has 0 aliphatic rings. The molecule has 0 atom stereocenters. The van der Waals surface area contributed by atoms with Crippen molar-refractivity contribution >= 4 is 27.2 Å². The molecule has 0 aliphatic carbocycles. The molecule has 0 aliphatic heterocycles. The Kier molecular flexibility index (Phi) is 8.17. The number of ether oxygens (including phenoxy) is 3. The number of nitrogens with zero attached hydrogens (tertiary/aromatic N) is 1.